The standard InChI is InChI=1S/C14H15F7O3/c1-2-10(22)24-6-8-3-7-4-9(8)11(15,5-7)12(23,13(16,17)18)14(19,20)21/h2,7-9,23H,1,3-6H2. The van der Waals surface area contributed by atoms with E-state index in [-0.39, 0.29) is 12.8 Å². The van der Waals surface area contributed by atoms with Gasteiger partial charge in [-0.15, -0.1) is 0 Å². The van der Waals surface area contributed by atoms with Crippen molar-refractivity contribution in [3.63, 3.8) is 0 Å². The van der Waals surface area contributed by atoms with Crippen LogP contribution < -0.4 is 0 Å². The molecule has 0 saturated heterocycles. The van der Waals surface area contributed by atoms with Crippen molar-refractivity contribution in [2.45, 2.75) is 42.9 Å². The van der Waals surface area contributed by atoms with E-state index in [0.717, 1.165) is 6.08 Å². The van der Waals surface area contributed by atoms with E-state index >= 15 is 4.39 Å². The quantitative estimate of drug-likeness (QED) is 0.473. The minimum absolute atomic E-state index is 0.132. The Labute approximate surface area is 132 Å². The number of halogens is 7. The molecular weight excluding hydrogens is 349 g/mol. The maximum Gasteiger partial charge on any atom is 0.429 e. The van der Waals surface area contributed by atoms with Gasteiger partial charge in [-0.05, 0) is 31.1 Å². The average Bonchev–Trinajstić information content (AvgIpc) is 2.98. The molecule has 138 valence electrons. The lowest BCUT2D eigenvalue weighted by Crippen LogP contribution is -2.71. The number of carbonyl (C=O) groups is 1. The van der Waals surface area contributed by atoms with Gasteiger partial charge in [0.15, 0.2) is 5.67 Å². The minimum Gasteiger partial charge on any atom is -0.462 e. The molecule has 2 aliphatic rings. The number of hydrogen-bond acceptors (Lipinski definition) is 3. The normalized spacial score (nSPS) is 33.6. The molecule has 0 aromatic heterocycles. The number of hydrogen-bond donors (Lipinski definition) is 1. The van der Waals surface area contributed by atoms with Crippen molar-refractivity contribution in [1.82, 2.24) is 0 Å². The third-order valence-corrected chi connectivity index (χ3v) is 4.99. The van der Waals surface area contributed by atoms with Gasteiger partial charge < -0.3 is 9.84 Å². The van der Waals surface area contributed by atoms with Crippen LogP contribution in [-0.2, 0) is 9.53 Å². The lowest BCUT2D eigenvalue weighted by atomic mass is 9.68. The summed E-state index contributed by atoms with van der Waals surface area (Å²) in [5.74, 6) is -4.41. The van der Waals surface area contributed by atoms with Gasteiger partial charge in [0.2, 0.25) is 0 Å². The summed E-state index contributed by atoms with van der Waals surface area (Å²) in [6, 6.07) is 0. The second-order valence-corrected chi connectivity index (χ2v) is 6.31. The average molecular weight is 364 g/mol. The van der Waals surface area contributed by atoms with E-state index in [4.69, 9.17) is 0 Å². The summed E-state index contributed by atoms with van der Waals surface area (Å²) < 4.78 is 97.7. The van der Waals surface area contributed by atoms with Crippen molar-refractivity contribution in [3.05, 3.63) is 12.7 Å². The van der Waals surface area contributed by atoms with Gasteiger partial charge in [0.1, 0.15) is 0 Å². The molecule has 2 fully saturated rings. The summed E-state index contributed by atoms with van der Waals surface area (Å²) in [5.41, 5.74) is -9.38. The maximum atomic E-state index is 15.1. The Bertz CT molecular complexity index is 513. The second-order valence-electron chi connectivity index (χ2n) is 6.31. The van der Waals surface area contributed by atoms with Crippen LogP contribution in [0.4, 0.5) is 30.7 Å². The molecule has 0 amide bonds. The fourth-order valence-corrected chi connectivity index (χ4v) is 4.02. The Kier molecular flexibility index (Phi) is 4.44. The first kappa shape index (κ1) is 19.0. The number of alkyl halides is 7. The van der Waals surface area contributed by atoms with E-state index in [9.17, 15) is 36.2 Å². The predicted molar refractivity (Wildman–Crippen MR) is 66.4 cm³/mol. The SMILES string of the molecule is C=CC(=O)OCC1CC2CC1C(F)(C(O)(C(F)(F)F)C(F)(F)F)C2. The number of ether oxygens (including phenoxy) is 1. The Morgan fingerprint density at radius 2 is 1.75 bits per heavy atom. The van der Waals surface area contributed by atoms with E-state index in [2.05, 4.69) is 11.3 Å². The molecule has 0 radical (unpaired) electrons. The van der Waals surface area contributed by atoms with Crippen molar-refractivity contribution >= 4 is 5.97 Å². The van der Waals surface area contributed by atoms with Crippen LogP contribution in [0.2, 0.25) is 0 Å². The molecule has 2 bridgehead atoms. The van der Waals surface area contributed by atoms with Gasteiger partial charge >= 0.3 is 18.3 Å². The molecule has 1 N–H and O–H groups in total. The summed E-state index contributed by atoms with van der Waals surface area (Å²) in [7, 11) is 0. The highest BCUT2D eigenvalue weighted by molar-refractivity contribution is 5.81. The molecule has 0 aromatic rings. The zero-order chi connectivity index (χ0) is 18.6. The van der Waals surface area contributed by atoms with Gasteiger partial charge in [-0.3, -0.25) is 0 Å². The van der Waals surface area contributed by atoms with E-state index in [1.54, 1.807) is 0 Å². The largest absolute Gasteiger partial charge is 0.462 e. The van der Waals surface area contributed by atoms with Gasteiger partial charge in [0.25, 0.3) is 5.60 Å². The maximum absolute atomic E-state index is 15.1. The van der Waals surface area contributed by atoms with Crippen LogP contribution in [0.5, 0.6) is 0 Å². The summed E-state index contributed by atoms with van der Waals surface area (Å²) in [6.45, 7) is 2.58. The van der Waals surface area contributed by atoms with E-state index in [1.165, 1.54) is 0 Å². The summed E-state index contributed by atoms with van der Waals surface area (Å²) in [5, 5.41) is 9.46. The number of esters is 1. The van der Waals surface area contributed by atoms with Crippen LogP contribution in [0, 0.1) is 17.8 Å². The molecule has 4 unspecified atom stereocenters. The molecule has 0 aliphatic heterocycles. The van der Waals surface area contributed by atoms with Crippen molar-refractivity contribution in [2.24, 2.45) is 17.8 Å². The van der Waals surface area contributed by atoms with Crippen LogP contribution in [0.15, 0.2) is 12.7 Å². The Morgan fingerprint density at radius 1 is 1.21 bits per heavy atom. The molecule has 3 nitrogen and oxygen atoms in total. The zero-order valence-electron chi connectivity index (χ0n) is 12.3. The summed E-state index contributed by atoms with van der Waals surface area (Å²) in [4.78, 5) is 11.0. The fourth-order valence-electron chi connectivity index (χ4n) is 4.02. The molecule has 0 aromatic carbocycles. The lowest BCUT2D eigenvalue weighted by Gasteiger charge is -2.47. The highest BCUT2D eigenvalue weighted by atomic mass is 19.4. The lowest BCUT2D eigenvalue weighted by molar-refractivity contribution is -0.410. The first-order chi connectivity index (χ1) is 10.8. The number of carbonyl (C=O) groups excluding carboxylic acids is 1. The predicted octanol–water partition coefficient (Wildman–Crippen LogP) is 3.33. The third-order valence-electron chi connectivity index (χ3n) is 4.99. The molecule has 4 atom stereocenters. The van der Waals surface area contributed by atoms with Gasteiger partial charge in [0, 0.05) is 12.0 Å². The molecule has 0 spiro atoms. The van der Waals surface area contributed by atoms with Crippen molar-refractivity contribution in [2.75, 3.05) is 6.61 Å². The Hall–Kier alpha value is -1.32. The van der Waals surface area contributed by atoms with Crippen molar-refractivity contribution < 1.29 is 45.4 Å². The molecule has 2 aliphatic carbocycles. The molecule has 0 heterocycles. The Morgan fingerprint density at radius 3 is 2.17 bits per heavy atom. The van der Waals surface area contributed by atoms with E-state index in [1.807, 2.05) is 0 Å². The molecule has 10 heteroatoms. The van der Waals surface area contributed by atoms with Gasteiger partial charge in [-0.25, -0.2) is 9.18 Å². The van der Waals surface area contributed by atoms with Crippen molar-refractivity contribution in [1.29, 1.82) is 0 Å². The Balaban J connectivity index is 2.34. The van der Waals surface area contributed by atoms with Gasteiger partial charge in [-0.2, -0.15) is 26.3 Å². The second kappa shape index (κ2) is 5.60. The van der Waals surface area contributed by atoms with Gasteiger partial charge in [-0.1, -0.05) is 6.58 Å². The highest BCUT2D eigenvalue weighted by Gasteiger charge is 2.84. The first-order valence-electron chi connectivity index (χ1n) is 7.12. The molecule has 24 heavy (non-hydrogen) atoms. The monoisotopic (exact) mass is 364 g/mol. The van der Waals surface area contributed by atoms with Crippen LogP contribution >= 0.6 is 0 Å². The summed E-state index contributed by atoms with van der Waals surface area (Å²) >= 11 is 0. The van der Waals surface area contributed by atoms with Crippen LogP contribution in [0.3, 0.4) is 0 Å². The van der Waals surface area contributed by atoms with Crippen LogP contribution in [0.1, 0.15) is 19.3 Å². The van der Waals surface area contributed by atoms with E-state index in [0.29, 0.717) is 0 Å². The smallest absolute Gasteiger partial charge is 0.429 e. The number of aliphatic hydroxyl groups is 1. The van der Waals surface area contributed by atoms with Gasteiger partial charge in [0.05, 0.1) is 6.61 Å². The molecule has 2 rings (SSSR count). The molecule has 2 saturated carbocycles. The topological polar surface area (TPSA) is 46.5 Å². The van der Waals surface area contributed by atoms with Crippen molar-refractivity contribution in [3.8, 4) is 0 Å². The summed E-state index contributed by atoms with van der Waals surface area (Å²) in [6.07, 6.45) is -12.8. The van der Waals surface area contributed by atoms with E-state index < -0.39 is 60.4 Å². The highest BCUT2D eigenvalue weighted by Crippen LogP contribution is 2.65. The number of rotatable bonds is 4. The van der Waals surface area contributed by atoms with Crippen LogP contribution in [-0.4, -0.2) is 41.3 Å². The number of fused-ring (bicyclic) bond motifs is 2. The fraction of sp³-hybridized carbons (Fsp3) is 0.786. The molecular formula is C14H15F7O3. The first-order valence-corrected chi connectivity index (χ1v) is 7.12. The third kappa shape index (κ3) is 2.58. The minimum atomic E-state index is -6.23. The zero-order valence-corrected chi connectivity index (χ0v) is 12.3. The van der Waals surface area contributed by atoms with Crippen LogP contribution in [0.25, 0.3) is 0 Å².